The zero-order chi connectivity index (χ0) is 18.7. The van der Waals surface area contributed by atoms with E-state index in [-0.39, 0.29) is 11.5 Å². The van der Waals surface area contributed by atoms with E-state index in [0.29, 0.717) is 17.4 Å². The van der Waals surface area contributed by atoms with Crippen molar-refractivity contribution in [1.29, 1.82) is 0 Å². The highest BCUT2D eigenvalue weighted by Gasteiger charge is 2.24. The van der Waals surface area contributed by atoms with Crippen LogP contribution < -0.4 is 5.32 Å². The summed E-state index contributed by atoms with van der Waals surface area (Å²) in [7, 11) is 0. The van der Waals surface area contributed by atoms with Crippen molar-refractivity contribution < 1.29 is 23.3 Å². The van der Waals surface area contributed by atoms with E-state index in [1.54, 1.807) is 19.9 Å². The molecular formula is C18H17N3O5. The van der Waals surface area contributed by atoms with Crippen molar-refractivity contribution >= 4 is 17.7 Å². The molecular weight excluding hydrogens is 338 g/mol. The molecule has 0 bridgehead atoms. The molecule has 8 heteroatoms. The van der Waals surface area contributed by atoms with Gasteiger partial charge in [-0.25, -0.2) is 9.78 Å². The lowest BCUT2D eigenvalue weighted by atomic mass is 10.2. The minimum atomic E-state index is -1.05. The minimum absolute atomic E-state index is 0.0285. The second-order valence-electron chi connectivity index (χ2n) is 5.65. The van der Waals surface area contributed by atoms with Gasteiger partial charge in [0, 0.05) is 11.6 Å². The zero-order valence-electron chi connectivity index (χ0n) is 14.5. The number of esters is 1. The van der Waals surface area contributed by atoms with Crippen molar-refractivity contribution in [3.05, 3.63) is 53.6 Å². The highest BCUT2D eigenvalue weighted by molar-refractivity contribution is 5.96. The third kappa shape index (κ3) is 3.80. The van der Waals surface area contributed by atoms with E-state index in [4.69, 9.17) is 13.7 Å². The van der Waals surface area contributed by atoms with E-state index < -0.39 is 18.0 Å². The highest BCUT2D eigenvalue weighted by atomic mass is 16.5. The lowest BCUT2D eigenvalue weighted by Crippen LogP contribution is -2.30. The third-order valence-corrected chi connectivity index (χ3v) is 3.54. The summed E-state index contributed by atoms with van der Waals surface area (Å²) in [5, 5.41) is 6.15. The normalized spacial score (nSPS) is 11.8. The van der Waals surface area contributed by atoms with Crippen molar-refractivity contribution in [2.75, 3.05) is 5.32 Å². The fraction of sp³-hybridized carbons (Fsp3) is 0.222. The molecule has 1 atom stereocenters. The topological polar surface area (TPSA) is 107 Å². The molecule has 134 valence electrons. The number of nitrogens with one attached hydrogen (secondary N) is 1. The van der Waals surface area contributed by atoms with Gasteiger partial charge in [-0.1, -0.05) is 23.4 Å². The third-order valence-electron chi connectivity index (χ3n) is 3.54. The Bertz CT molecular complexity index is 929. The molecule has 0 unspecified atom stereocenters. The fourth-order valence-corrected chi connectivity index (χ4v) is 2.21. The van der Waals surface area contributed by atoms with Crippen LogP contribution in [0, 0.1) is 13.8 Å². The van der Waals surface area contributed by atoms with Gasteiger partial charge in [0.05, 0.1) is 0 Å². The predicted octanol–water partition coefficient (Wildman–Crippen LogP) is 3.13. The Morgan fingerprint density at radius 1 is 1.19 bits per heavy atom. The summed E-state index contributed by atoms with van der Waals surface area (Å²) < 4.78 is 15.6. The van der Waals surface area contributed by atoms with Crippen LogP contribution in [-0.4, -0.2) is 28.1 Å². The van der Waals surface area contributed by atoms with Crippen molar-refractivity contribution in [3.8, 4) is 11.5 Å². The van der Waals surface area contributed by atoms with Gasteiger partial charge in [-0.05, 0) is 32.9 Å². The molecule has 0 aliphatic heterocycles. The van der Waals surface area contributed by atoms with Gasteiger partial charge in [-0.15, -0.1) is 0 Å². The Labute approximate surface area is 149 Å². The summed E-state index contributed by atoms with van der Waals surface area (Å²) in [5.41, 5.74) is 0.766. The van der Waals surface area contributed by atoms with Gasteiger partial charge < -0.3 is 19.0 Å². The smallest absolute Gasteiger partial charge is 0.361 e. The first-order chi connectivity index (χ1) is 12.4. The maximum atomic E-state index is 12.3. The van der Waals surface area contributed by atoms with Crippen molar-refractivity contribution in [2.24, 2.45) is 0 Å². The lowest BCUT2D eigenvalue weighted by Gasteiger charge is -2.11. The molecule has 0 spiro atoms. The molecule has 0 saturated carbocycles. The van der Waals surface area contributed by atoms with Crippen LogP contribution in [0.25, 0.3) is 11.5 Å². The van der Waals surface area contributed by atoms with E-state index >= 15 is 0 Å². The van der Waals surface area contributed by atoms with Crippen LogP contribution in [0.5, 0.6) is 0 Å². The molecule has 0 fully saturated rings. The quantitative estimate of drug-likeness (QED) is 0.701. The van der Waals surface area contributed by atoms with Gasteiger partial charge in [0.15, 0.2) is 17.6 Å². The number of carbonyl (C=O) groups excluding carboxylic acids is 2. The molecule has 8 nitrogen and oxygen atoms in total. The number of hydrogen-bond donors (Lipinski definition) is 1. The number of ether oxygens (including phenoxy) is 1. The van der Waals surface area contributed by atoms with Crippen LogP contribution >= 0.6 is 0 Å². The van der Waals surface area contributed by atoms with Crippen LogP contribution in [0.15, 0.2) is 45.3 Å². The Balaban J connectivity index is 1.67. The average Bonchev–Trinajstić information content (AvgIpc) is 3.21. The standard InChI is InChI=1S/C18H17N3O5/c1-10-9-14(21-26-10)19-16(22)12(3)25-18(23)15-11(2)24-17(20-15)13-7-5-4-6-8-13/h4-9,12H,1-3H3,(H,19,21,22)/t12-/m1/s1. The molecule has 0 aliphatic rings. The van der Waals surface area contributed by atoms with E-state index in [0.717, 1.165) is 5.56 Å². The zero-order valence-corrected chi connectivity index (χ0v) is 14.5. The van der Waals surface area contributed by atoms with Gasteiger partial charge in [-0.2, -0.15) is 0 Å². The average molecular weight is 355 g/mol. The van der Waals surface area contributed by atoms with E-state index in [1.807, 2.05) is 30.3 Å². The number of aryl methyl sites for hydroxylation is 2. The number of aromatic nitrogens is 2. The molecule has 1 aromatic carbocycles. The van der Waals surface area contributed by atoms with Crippen LogP contribution in [0.2, 0.25) is 0 Å². The lowest BCUT2D eigenvalue weighted by molar-refractivity contribution is -0.123. The Morgan fingerprint density at radius 2 is 1.92 bits per heavy atom. The van der Waals surface area contributed by atoms with Gasteiger partial charge in [0.2, 0.25) is 5.89 Å². The molecule has 1 amide bonds. The first-order valence-corrected chi connectivity index (χ1v) is 7.92. The predicted molar refractivity (Wildman–Crippen MR) is 91.4 cm³/mol. The van der Waals surface area contributed by atoms with Crippen molar-refractivity contribution in [3.63, 3.8) is 0 Å². The minimum Gasteiger partial charge on any atom is -0.448 e. The number of oxazole rings is 1. The number of benzene rings is 1. The summed E-state index contributed by atoms with van der Waals surface area (Å²) in [6, 6.07) is 10.7. The summed E-state index contributed by atoms with van der Waals surface area (Å²) >= 11 is 0. The maximum absolute atomic E-state index is 12.3. The summed E-state index contributed by atoms with van der Waals surface area (Å²) in [4.78, 5) is 28.6. The van der Waals surface area contributed by atoms with Crippen LogP contribution in [0.3, 0.4) is 0 Å². The molecule has 26 heavy (non-hydrogen) atoms. The van der Waals surface area contributed by atoms with Crippen LogP contribution in [0.1, 0.15) is 28.9 Å². The number of rotatable bonds is 5. The molecule has 3 rings (SSSR count). The second-order valence-corrected chi connectivity index (χ2v) is 5.65. The van der Waals surface area contributed by atoms with E-state index in [9.17, 15) is 9.59 Å². The first kappa shape index (κ1) is 17.4. The Morgan fingerprint density at radius 3 is 2.58 bits per heavy atom. The molecule has 0 saturated heterocycles. The second kappa shape index (κ2) is 7.22. The summed E-state index contributed by atoms with van der Waals surface area (Å²) in [5.74, 6) is 0.151. The molecule has 3 aromatic rings. The summed E-state index contributed by atoms with van der Waals surface area (Å²) in [6.45, 7) is 4.76. The number of carbonyl (C=O) groups is 2. The van der Waals surface area contributed by atoms with Crippen molar-refractivity contribution in [2.45, 2.75) is 26.9 Å². The van der Waals surface area contributed by atoms with E-state index in [2.05, 4.69) is 15.5 Å². The molecule has 2 aromatic heterocycles. The van der Waals surface area contributed by atoms with Crippen LogP contribution in [-0.2, 0) is 9.53 Å². The fourth-order valence-electron chi connectivity index (χ4n) is 2.21. The molecule has 1 N–H and O–H groups in total. The number of hydrogen-bond acceptors (Lipinski definition) is 7. The monoisotopic (exact) mass is 355 g/mol. The number of anilines is 1. The first-order valence-electron chi connectivity index (χ1n) is 7.92. The van der Waals surface area contributed by atoms with Gasteiger partial charge in [-0.3, -0.25) is 4.79 Å². The van der Waals surface area contributed by atoms with Gasteiger partial charge in [0.25, 0.3) is 5.91 Å². The summed E-state index contributed by atoms with van der Waals surface area (Å²) in [6.07, 6.45) is -1.05. The molecule has 0 radical (unpaired) electrons. The molecule has 2 heterocycles. The van der Waals surface area contributed by atoms with Crippen molar-refractivity contribution in [1.82, 2.24) is 10.1 Å². The van der Waals surface area contributed by atoms with E-state index in [1.165, 1.54) is 6.92 Å². The Kier molecular flexibility index (Phi) is 4.83. The largest absolute Gasteiger partial charge is 0.448 e. The van der Waals surface area contributed by atoms with Crippen LogP contribution in [0.4, 0.5) is 5.82 Å². The molecule has 0 aliphatic carbocycles. The number of nitrogens with zero attached hydrogens (tertiary/aromatic N) is 2. The SMILES string of the molecule is Cc1cc(NC(=O)[C@@H](C)OC(=O)c2nc(-c3ccccc3)oc2C)no1. The number of amides is 1. The van der Waals surface area contributed by atoms with Gasteiger partial charge >= 0.3 is 5.97 Å². The van der Waals surface area contributed by atoms with Gasteiger partial charge in [0.1, 0.15) is 11.5 Å². The highest BCUT2D eigenvalue weighted by Crippen LogP contribution is 2.22. The Hall–Kier alpha value is -3.42. The maximum Gasteiger partial charge on any atom is 0.361 e.